The molecule has 19 heavy (non-hydrogen) atoms. The van der Waals surface area contributed by atoms with E-state index in [0.717, 1.165) is 28.4 Å². The summed E-state index contributed by atoms with van der Waals surface area (Å²) in [4.78, 5) is 10.2. The Bertz CT molecular complexity index is 628. The van der Waals surface area contributed by atoms with Gasteiger partial charge >= 0.3 is 0 Å². The van der Waals surface area contributed by atoms with Gasteiger partial charge in [-0.2, -0.15) is 0 Å². The van der Waals surface area contributed by atoms with Gasteiger partial charge in [0.2, 0.25) is 0 Å². The van der Waals surface area contributed by atoms with E-state index in [1.165, 1.54) is 12.1 Å². The second-order valence-corrected chi connectivity index (χ2v) is 6.03. The maximum absolute atomic E-state index is 10.6. The molecule has 0 bridgehead atoms. The first kappa shape index (κ1) is 12.6. The summed E-state index contributed by atoms with van der Waals surface area (Å²) in [6, 6.07) is 6.39. The fraction of sp³-hybridized carbons (Fsp3) is 0.273. The van der Waals surface area contributed by atoms with Crippen LogP contribution in [0.5, 0.6) is 0 Å². The van der Waals surface area contributed by atoms with Crippen LogP contribution in [0.4, 0.5) is 5.69 Å². The molecule has 3 rings (SSSR count). The van der Waals surface area contributed by atoms with Crippen molar-refractivity contribution in [3.05, 3.63) is 34.4 Å². The van der Waals surface area contributed by atoms with Crippen LogP contribution in [-0.2, 0) is 6.54 Å². The van der Waals surface area contributed by atoms with Gasteiger partial charge in [0.25, 0.3) is 5.69 Å². The number of fused-ring (bicyclic) bond motifs is 1. The van der Waals surface area contributed by atoms with E-state index in [0.29, 0.717) is 5.25 Å². The van der Waals surface area contributed by atoms with Crippen LogP contribution in [0.2, 0.25) is 0 Å². The van der Waals surface area contributed by atoms with Crippen LogP contribution in [-0.4, -0.2) is 30.3 Å². The van der Waals surface area contributed by atoms with Crippen molar-refractivity contribution in [1.82, 2.24) is 14.8 Å². The van der Waals surface area contributed by atoms with Crippen molar-refractivity contribution < 1.29 is 4.92 Å². The molecule has 1 aliphatic heterocycles. The minimum atomic E-state index is -0.408. The predicted molar refractivity (Wildman–Crippen MR) is 75.6 cm³/mol. The molecule has 0 saturated heterocycles. The summed E-state index contributed by atoms with van der Waals surface area (Å²) in [5, 5.41) is 21.2. The molecule has 0 amide bonds. The van der Waals surface area contributed by atoms with Gasteiger partial charge in [0.15, 0.2) is 11.0 Å². The van der Waals surface area contributed by atoms with E-state index in [-0.39, 0.29) is 5.69 Å². The molecule has 2 aromatic rings. The Morgan fingerprint density at radius 3 is 2.79 bits per heavy atom. The number of thioether (sulfide) groups is 1. The molecule has 1 unspecified atom stereocenters. The van der Waals surface area contributed by atoms with Crippen LogP contribution in [0.15, 0.2) is 29.4 Å². The van der Waals surface area contributed by atoms with E-state index in [1.807, 2.05) is 0 Å². The van der Waals surface area contributed by atoms with Crippen LogP contribution in [0.3, 0.4) is 0 Å². The lowest BCUT2D eigenvalue weighted by molar-refractivity contribution is -0.384. The van der Waals surface area contributed by atoms with Crippen molar-refractivity contribution in [2.24, 2.45) is 0 Å². The normalized spacial score (nSPS) is 17.4. The van der Waals surface area contributed by atoms with Crippen molar-refractivity contribution in [2.75, 3.05) is 5.33 Å². The second kappa shape index (κ2) is 4.93. The van der Waals surface area contributed by atoms with E-state index >= 15 is 0 Å². The molecule has 0 fully saturated rings. The molecular weight excluding hydrogens is 332 g/mol. The van der Waals surface area contributed by atoms with E-state index in [2.05, 4.69) is 30.7 Å². The fourth-order valence-electron chi connectivity index (χ4n) is 1.96. The molecular formula is C11H9BrN4O2S. The molecule has 1 aromatic carbocycles. The third kappa shape index (κ3) is 2.25. The van der Waals surface area contributed by atoms with Crippen LogP contribution < -0.4 is 0 Å². The van der Waals surface area contributed by atoms with Gasteiger partial charge < -0.3 is 4.57 Å². The minimum Gasteiger partial charge on any atom is -0.301 e. The Kier molecular flexibility index (Phi) is 3.28. The molecule has 8 heteroatoms. The van der Waals surface area contributed by atoms with Gasteiger partial charge in [-0.3, -0.25) is 10.1 Å². The number of halogens is 1. The molecule has 0 aliphatic carbocycles. The summed E-state index contributed by atoms with van der Waals surface area (Å²) in [6.07, 6.45) is 0. The number of non-ortho nitro benzene ring substituents is 1. The van der Waals surface area contributed by atoms with Gasteiger partial charge in [0.1, 0.15) is 0 Å². The van der Waals surface area contributed by atoms with Crippen LogP contribution in [0, 0.1) is 10.1 Å². The highest BCUT2D eigenvalue weighted by Gasteiger charge is 2.26. The average molecular weight is 341 g/mol. The number of nitro benzene ring substituents is 1. The Labute approximate surface area is 121 Å². The average Bonchev–Trinajstić information content (AvgIpc) is 2.98. The number of benzene rings is 1. The summed E-state index contributed by atoms with van der Waals surface area (Å²) >= 11 is 5.16. The highest BCUT2D eigenvalue weighted by atomic mass is 79.9. The standard InChI is InChI=1S/C11H9BrN4O2S/c12-5-9-6-15-10(13-14-11(15)19-9)7-1-3-8(4-2-7)16(17)18/h1-4,9H,5-6H2. The van der Waals surface area contributed by atoms with Crippen LogP contribution >= 0.6 is 27.7 Å². The summed E-state index contributed by atoms with van der Waals surface area (Å²) in [5.41, 5.74) is 0.929. The number of nitrogens with zero attached hydrogens (tertiary/aromatic N) is 4. The highest BCUT2D eigenvalue weighted by Crippen LogP contribution is 2.35. The molecule has 1 atom stereocenters. The Morgan fingerprint density at radius 2 is 2.16 bits per heavy atom. The lowest BCUT2D eigenvalue weighted by Crippen LogP contribution is -2.07. The molecule has 6 nitrogen and oxygen atoms in total. The maximum Gasteiger partial charge on any atom is 0.269 e. The predicted octanol–water partition coefficient (Wildman–Crippen LogP) is 2.72. The second-order valence-electron chi connectivity index (χ2n) is 4.11. The van der Waals surface area contributed by atoms with Crippen LogP contribution in [0.25, 0.3) is 11.4 Å². The van der Waals surface area contributed by atoms with E-state index in [4.69, 9.17) is 0 Å². The molecule has 98 valence electrons. The Morgan fingerprint density at radius 1 is 1.42 bits per heavy atom. The van der Waals surface area contributed by atoms with Gasteiger partial charge in [-0.05, 0) is 12.1 Å². The Hall–Kier alpha value is -1.41. The minimum absolute atomic E-state index is 0.0811. The third-order valence-corrected chi connectivity index (χ3v) is 5.26. The van der Waals surface area contributed by atoms with Gasteiger partial charge in [0, 0.05) is 34.8 Å². The molecule has 0 radical (unpaired) electrons. The molecule has 0 N–H and O–H groups in total. The van der Waals surface area contributed by atoms with Crippen molar-refractivity contribution in [3.63, 3.8) is 0 Å². The number of rotatable bonds is 3. The topological polar surface area (TPSA) is 73.8 Å². The quantitative estimate of drug-likeness (QED) is 0.488. The third-order valence-electron chi connectivity index (χ3n) is 2.88. The molecule has 2 heterocycles. The fourth-order valence-corrected chi connectivity index (χ4v) is 3.52. The van der Waals surface area contributed by atoms with Crippen molar-refractivity contribution in [3.8, 4) is 11.4 Å². The lowest BCUT2D eigenvalue weighted by Gasteiger charge is -2.04. The smallest absolute Gasteiger partial charge is 0.269 e. The zero-order valence-corrected chi connectivity index (χ0v) is 12.1. The summed E-state index contributed by atoms with van der Waals surface area (Å²) < 4.78 is 2.05. The largest absolute Gasteiger partial charge is 0.301 e. The first-order valence-electron chi connectivity index (χ1n) is 5.59. The van der Waals surface area contributed by atoms with Crippen molar-refractivity contribution in [2.45, 2.75) is 17.0 Å². The molecule has 1 aliphatic rings. The molecule has 0 spiro atoms. The summed E-state index contributed by atoms with van der Waals surface area (Å²) in [6.45, 7) is 0.852. The molecule has 1 aromatic heterocycles. The van der Waals surface area contributed by atoms with Crippen molar-refractivity contribution in [1.29, 1.82) is 0 Å². The van der Waals surface area contributed by atoms with Crippen molar-refractivity contribution >= 4 is 33.4 Å². The Balaban J connectivity index is 1.94. The highest BCUT2D eigenvalue weighted by molar-refractivity contribution is 9.09. The van der Waals surface area contributed by atoms with Gasteiger partial charge in [-0.15, -0.1) is 10.2 Å². The first-order valence-corrected chi connectivity index (χ1v) is 7.60. The first-order chi connectivity index (χ1) is 9.19. The summed E-state index contributed by atoms with van der Waals surface area (Å²) in [5.74, 6) is 0.765. The maximum atomic E-state index is 10.6. The number of nitro groups is 1. The van der Waals surface area contributed by atoms with Crippen LogP contribution in [0.1, 0.15) is 0 Å². The molecule has 0 saturated carbocycles. The van der Waals surface area contributed by atoms with Gasteiger partial charge in [0.05, 0.1) is 4.92 Å². The lowest BCUT2D eigenvalue weighted by atomic mass is 10.2. The SMILES string of the molecule is O=[N+]([O-])c1ccc(-c2nnc3n2CC(CBr)S3)cc1. The summed E-state index contributed by atoms with van der Waals surface area (Å²) in [7, 11) is 0. The van der Waals surface area contributed by atoms with E-state index < -0.39 is 4.92 Å². The van der Waals surface area contributed by atoms with Gasteiger partial charge in [-0.1, -0.05) is 27.7 Å². The van der Waals surface area contributed by atoms with Gasteiger partial charge in [-0.25, -0.2) is 0 Å². The zero-order chi connectivity index (χ0) is 13.4. The monoisotopic (exact) mass is 340 g/mol. The number of aromatic nitrogens is 3. The number of hydrogen-bond acceptors (Lipinski definition) is 5. The van der Waals surface area contributed by atoms with E-state index in [1.54, 1.807) is 23.9 Å². The zero-order valence-electron chi connectivity index (χ0n) is 9.69. The number of hydrogen-bond donors (Lipinski definition) is 0. The number of alkyl halides is 1. The van der Waals surface area contributed by atoms with E-state index in [9.17, 15) is 10.1 Å².